The molecule has 1 aliphatic heterocycles. The normalized spacial score (nSPS) is 20.8. The number of hydrogen-bond donors (Lipinski definition) is 2. The highest BCUT2D eigenvalue weighted by Gasteiger charge is 2.29. The smallest absolute Gasteiger partial charge is 0.229 e. The number of rotatable bonds is 3. The average molecular weight is 251 g/mol. The number of carbonyl (C=O) groups excluding carboxylic acids is 1. The lowest BCUT2D eigenvalue weighted by molar-refractivity contribution is -0.121. The van der Waals surface area contributed by atoms with Gasteiger partial charge >= 0.3 is 0 Å². The van der Waals surface area contributed by atoms with Gasteiger partial charge in [-0.25, -0.2) is 4.98 Å². The van der Waals surface area contributed by atoms with E-state index in [0.717, 1.165) is 31.1 Å². The summed E-state index contributed by atoms with van der Waals surface area (Å²) in [6.07, 6.45) is 3.42. The second kappa shape index (κ2) is 4.38. The van der Waals surface area contributed by atoms with Crippen molar-refractivity contribution < 1.29 is 4.79 Å². The van der Waals surface area contributed by atoms with Gasteiger partial charge in [0.25, 0.3) is 0 Å². The van der Waals surface area contributed by atoms with Crippen molar-refractivity contribution in [3.8, 4) is 0 Å². The molecule has 1 saturated heterocycles. The highest BCUT2D eigenvalue weighted by atomic mass is 32.1. The van der Waals surface area contributed by atoms with Gasteiger partial charge in [-0.2, -0.15) is 0 Å². The summed E-state index contributed by atoms with van der Waals surface area (Å²) in [5.41, 5.74) is 1.20. The highest BCUT2D eigenvalue weighted by Crippen LogP contribution is 2.31. The van der Waals surface area contributed by atoms with Crippen molar-refractivity contribution in [2.75, 3.05) is 18.4 Å². The molecule has 1 aromatic heterocycles. The number of amides is 1. The molecule has 1 unspecified atom stereocenters. The zero-order valence-electron chi connectivity index (χ0n) is 9.95. The van der Waals surface area contributed by atoms with Crippen LogP contribution >= 0.6 is 11.3 Å². The van der Waals surface area contributed by atoms with Gasteiger partial charge in [-0.15, -0.1) is 11.3 Å². The summed E-state index contributed by atoms with van der Waals surface area (Å²) in [5.74, 6) is 0.681. The summed E-state index contributed by atoms with van der Waals surface area (Å²) in [5, 5.41) is 6.95. The topological polar surface area (TPSA) is 54.0 Å². The largest absolute Gasteiger partial charge is 0.316 e. The summed E-state index contributed by atoms with van der Waals surface area (Å²) < 4.78 is 0. The van der Waals surface area contributed by atoms with Crippen molar-refractivity contribution in [1.82, 2.24) is 10.3 Å². The monoisotopic (exact) mass is 251 g/mol. The van der Waals surface area contributed by atoms with Crippen LogP contribution in [-0.4, -0.2) is 24.0 Å². The number of thiazole rings is 1. The lowest BCUT2D eigenvalue weighted by atomic mass is 9.88. The average Bonchev–Trinajstić information content (AvgIpc) is 2.74. The lowest BCUT2D eigenvalue weighted by Crippen LogP contribution is -2.48. The van der Waals surface area contributed by atoms with Crippen molar-refractivity contribution in [3.05, 3.63) is 10.6 Å². The fourth-order valence-electron chi connectivity index (χ4n) is 2.34. The Kier molecular flexibility index (Phi) is 2.88. The van der Waals surface area contributed by atoms with E-state index < -0.39 is 0 Å². The van der Waals surface area contributed by atoms with Crippen LogP contribution < -0.4 is 10.6 Å². The highest BCUT2D eigenvalue weighted by molar-refractivity contribution is 7.15. The molecule has 1 fully saturated rings. The van der Waals surface area contributed by atoms with Crippen molar-refractivity contribution in [3.63, 3.8) is 0 Å². The summed E-state index contributed by atoms with van der Waals surface area (Å²) in [6.45, 7) is 3.92. The Hall–Kier alpha value is -0.940. The molecule has 0 saturated carbocycles. The van der Waals surface area contributed by atoms with Gasteiger partial charge in [0, 0.05) is 10.8 Å². The number of nitrogens with one attached hydrogen (secondary N) is 2. The van der Waals surface area contributed by atoms with Crippen LogP contribution in [0.25, 0.3) is 0 Å². The minimum Gasteiger partial charge on any atom is -0.316 e. The molecule has 1 aromatic rings. The standard InChI is InChI=1S/C12H17N3OS/c1-7(8-5-13-6-8)11(16)15-12-14-9-3-2-4-10(9)17-12/h7-8,13H,2-6H2,1H3,(H,14,15,16). The van der Waals surface area contributed by atoms with Crippen LogP contribution in [0.15, 0.2) is 0 Å². The quantitative estimate of drug-likeness (QED) is 0.854. The number of aromatic nitrogens is 1. The van der Waals surface area contributed by atoms with Crippen molar-refractivity contribution >= 4 is 22.4 Å². The Morgan fingerprint density at radius 2 is 2.35 bits per heavy atom. The van der Waals surface area contributed by atoms with E-state index in [2.05, 4.69) is 15.6 Å². The van der Waals surface area contributed by atoms with Crippen LogP contribution in [0, 0.1) is 11.8 Å². The summed E-state index contributed by atoms with van der Waals surface area (Å²) in [4.78, 5) is 17.8. The third-order valence-electron chi connectivity index (χ3n) is 3.76. The SMILES string of the molecule is CC(C(=O)Nc1nc2c(s1)CCC2)C1CNC1. The van der Waals surface area contributed by atoms with Gasteiger partial charge in [-0.3, -0.25) is 4.79 Å². The van der Waals surface area contributed by atoms with Crippen LogP contribution in [-0.2, 0) is 17.6 Å². The second-order valence-electron chi connectivity index (χ2n) is 4.94. The van der Waals surface area contributed by atoms with Crippen molar-refractivity contribution in [2.24, 2.45) is 11.8 Å². The van der Waals surface area contributed by atoms with E-state index >= 15 is 0 Å². The van der Waals surface area contributed by atoms with E-state index in [1.807, 2.05) is 6.92 Å². The van der Waals surface area contributed by atoms with Gasteiger partial charge in [-0.05, 0) is 38.3 Å². The molecule has 3 rings (SSSR count). The maximum absolute atomic E-state index is 12.0. The number of carbonyl (C=O) groups is 1. The first-order valence-corrected chi connectivity index (χ1v) is 7.06. The summed E-state index contributed by atoms with van der Waals surface area (Å²) >= 11 is 1.65. The molecule has 5 heteroatoms. The zero-order valence-corrected chi connectivity index (χ0v) is 10.8. The number of hydrogen-bond acceptors (Lipinski definition) is 4. The van der Waals surface area contributed by atoms with Gasteiger partial charge < -0.3 is 10.6 Å². The Labute approximate surface area is 105 Å². The minimum absolute atomic E-state index is 0.0787. The van der Waals surface area contributed by atoms with Gasteiger partial charge in [0.2, 0.25) is 5.91 Å². The maximum atomic E-state index is 12.0. The summed E-state index contributed by atoms with van der Waals surface area (Å²) in [6, 6.07) is 0. The Bertz CT molecular complexity index is 417. The Morgan fingerprint density at radius 1 is 1.53 bits per heavy atom. The van der Waals surface area contributed by atoms with Crippen LogP contribution in [0.1, 0.15) is 23.9 Å². The van der Waals surface area contributed by atoms with E-state index in [9.17, 15) is 4.79 Å². The van der Waals surface area contributed by atoms with E-state index in [4.69, 9.17) is 0 Å². The molecule has 4 nitrogen and oxygen atoms in total. The van der Waals surface area contributed by atoms with E-state index in [1.54, 1.807) is 11.3 Å². The van der Waals surface area contributed by atoms with Gasteiger partial charge in [-0.1, -0.05) is 6.92 Å². The van der Waals surface area contributed by atoms with Crippen molar-refractivity contribution in [1.29, 1.82) is 0 Å². The number of aryl methyl sites for hydroxylation is 2. The first-order chi connectivity index (χ1) is 8.24. The van der Waals surface area contributed by atoms with Crippen LogP contribution in [0.3, 0.4) is 0 Å². The minimum atomic E-state index is 0.0787. The number of nitrogens with zero attached hydrogens (tertiary/aromatic N) is 1. The van der Waals surface area contributed by atoms with Crippen molar-refractivity contribution in [2.45, 2.75) is 26.2 Å². The maximum Gasteiger partial charge on any atom is 0.229 e. The van der Waals surface area contributed by atoms with Gasteiger partial charge in [0.15, 0.2) is 5.13 Å². The molecule has 92 valence electrons. The number of fused-ring (bicyclic) bond motifs is 1. The third-order valence-corrected chi connectivity index (χ3v) is 4.83. The van der Waals surface area contributed by atoms with E-state index in [-0.39, 0.29) is 11.8 Å². The molecule has 0 spiro atoms. The molecule has 17 heavy (non-hydrogen) atoms. The van der Waals surface area contributed by atoms with Crippen LogP contribution in [0.4, 0.5) is 5.13 Å². The van der Waals surface area contributed by atoms with Gasteiger partial charge in [0.05, 0.1) is 5.69 Å². The molecule has 2 aliphatic rings. The third kappa shape index (κ3) is 2.09. The predicted molar refractivity (Wildman–Crippen MR) is 68.3 cm³/mol. The van der Waals surface area contributed by atoms with Crippen LogP contribution in [0.5, 0.6) is 0 Å². The molecular weight excluding hydrogens is 234 g/mol. The molecule has 0 aromatic carbocycles. The number of anilines is 1. The molecule has 2 heterocycles. The fraction of sp³-hybridized carbons (Fsp3) is 0.667. The Morgan fingerprint density at radius 3 is 3.00 bits per heavy atom. The molecular formula is C12H17N3OS. The van der Waals surface area contributed by atoms with E-state index in [0.29, 0.717) is 5.92 Å². The van der Waals surface area contributed by atoms with Gasteiger partial charge in [0.1, 0.15) is 0 Å². The lowest BCUT2D eigenvalue weighted by Gasteiger charge is -2.31. The second-order valence-corrected chi connectivity index (χ2v) is 6.02. The molecule has 0 bridgehead atoms. The first kappa shape index (κ1) is 11.2. The zero-order chi connectivity index (χ0) is 11.8. The predicted octanol–water partition coefficient (Wildman–Crippen LogP) is 1.43. The molecule has 2 N–H and O–H groups in total. The first-order valence-electron chi connectivity index (χ1n) is 6.24. The Balaban J connectivity index is 1.63. The molecule has 1 aliphatic carbocycles. The van der Waals surface area contributed by atoms with Crippen LogP contribution in [0.2, 0.25) is 0 Å². The summed E-state index contributed by atoms with van der Waals surface area (Å²) in [7, 11) is 0. The fourth-order valence-corrected chi connectivity index (χ4v) is 3.39. The molecule has 1 amide bonds. The molecule has 0 radical (unpaired) electrons. The molecule has 1 atom stereocenters. The van der Waals surface area contributed by atoms with E-state index in [1.165, 1.54) is 17.0 Å².